The number of thiophene rings is 1. The van der Waals surface area contributed by atoms with Gasteiger partial charge in [0, 0.05) is 37.5 Å². The second-order valence-corrected chi connectivity index (χ2v) is 14.8. The van der Waals surface area contributed by atoms with Gasteiger partial charge in [0.2, 0.25) is 5.91 Å². The molecule has 2 aliphatic rings. The molecule has 0 radical (unpaired) electrons. The summed E-state index contributed by atoms with van der Waals surface area (Å²) in [6.07, 6.45) is 1.81. The number of fused-ring (bicyclic) bond motifs is 16. The number of rotatable bonds is 8. The highest BCUT2D eigenvalue weighted by Crippen LogP contribution is 2.35. The van der Waals surface area contributed by atoms with Gasteiger partial charge in [0.05, 0.1) is 19.1 Å². The molecule has 244 valence electrons. The molecule has 0 aliphatic carbocycles. The minimum Gasteiger partial charge on any atom is -0.493 e. The summed E-state index contributed by atoms with van der Waals surface area (Å²) in [6.45, 7) is 7.84. The van der Waals surface area contributed by atoms with Crippen molar-refractivity contribution in [3.05, 3.63) is 40.8 Å². The van der Waals surface area contributed by atoms with Crippen LogP contribution in [-0.2, 0) is 35.6 Å². The third kappa shape index (κ3) is 9.67. The van der Waals surface area contributed by atoms with E-state index in [1.165, 1.54) is 22.8 Å². The Bertz CT molecular complexity index is 1390. The summed E-state index contributed by atoms with van der Waals surface area (Å²) in [7, 11) is -2.35. The molecule has 11 nitrogen and oxygen atoms in total. The highest BCUT2D eigenvalue weighted by molar-refractivity contribution is 7.91. The monoisotopic (exact) mass is 651 g/mol. The van der Waals surface area contributed by atoms with Crippen molar-refractivity contribution in [1.82, 2.24) is 14.9 Å². The van der Waals surface area contributed by atoms with E-state index < -0.39 is 27.3 Å². The van der Waals surface area contributed by atoms with Gasteiger partial charge < -0.3 is 24.8 Å². The maximum atomic E-state index is 13.5. The molecular formula is C31H45N3O8S2. The molecule has 1 aromatic heterocycles. The van der Waals surface area contributed by atoms with E-state index in [4.69, 9.17) is 14.2 Å². The molecule has 2 aromatic rings. The van der Waals surface area contributed by atoms with Crippen LogP contribution in [0.5, 0.6) is 11.5 Å². The number of amides is 2. The number of hydrogen-bond acceptors (Lipinski definition) is 9. The molecule has 1 aromatic carbocycles. The number of nitrogens with one attached hydrogen (secondary N) is 2. The largest absolute Gasteiger partial charge is 0.493 e. The fourth-order valence-corrected chi connectivity index (χ4v) is 7.90. The average Bonchev–Trinajstić information content (AvgIpc) is 3.43. The number of carbonyl (C=O) groups excluding carboxylic acids is 3. The van der Waals surface area contributed by atoms with Crippen molar-refractivity contribution < 1.29 is 37.0 Å². The highest BCUT2D eigenvalue weighted by atomic mass is 32.2. The van der Waals surface area contributed by atoms with Crippen LogP contribution >= 0.6 is 11.3 Å². The van der Waals surface area contributed by atoms with E-state index in [1.807, 2.05) is 13.0 Å². The topological polar surface area (TPSA) is 140 Å². The van der Waals surface area contributed by atoms with Crippen molar-refractivity contribution in [3.63, 3.8) is 0 Å². The lowest BCUT2D eigenvalue weighted by molar-refractivity contribution is -0.156. The summed E-state index contributed by atoms with van der Waals surface area (Å²) in [6, 6.07) is 8.56. The summed E-state index contributed by atoms with van der Waals surface area (Å²) in [5.74, 6) is -0.0640. The summed E-state index contributed by atoms with van der Waals surface area (Å²) >= 11 is 1.17. The van der Waals surface area contributed by atoms with Crippen molar-refractivity contribution in [1.29, 1.82) is 0 Å². The van der Waals surface area contributed by atoms with Crippen LogP contribution in [0.3, 0.4) is 0 Å². The molecule has 2 bridgehead atoms. The Labute approximate surface area is 264 Å². The normalized spacial score (nSPS) is 19.7. The molecule has 0 saturated heterocycles. The minimum absolute atomic E-state index is 0.0197. The van der Waals surface area contributed by atoms with Crippen molar-refractivity contribution in [2.75, 3.05) is 46.5 Å². The molecule has 0 saturated carbocycles. The van der Waals surface area contributed by atoms with Gasteiger partial charge in [0.1, 0.15) is 4.21 Å². The van der Waals surface area contributed by atoms with Crippen molar-refractivity contribution >= 4 is 39.1 Å². The number of methoxy groups -OCH3 is 1. The van der Waals surface area contributed by atoms with E-state index in [0.29, 0.717) is 23.8 Å². The van der Waals surface area contributed by atoms with Crippen molar-refractivity contribution in [2.24, 2.45) is 11.3 Å². The number of esters is 1. The lowest BCUT2D eigenvalue weighted by Gasteiger charge is -2.33. The molecule has 1 atom stereocenters. The first kappa shape index (κ1) is 35.3. The zero-order chi connectivity index (χ0) is 32.3. The van der Waals surface area contributed by atoms with Crippen LogP contribution in [0.2, 0.25) is 0 Å². The lowest BCUT2D eigenvalue weighted by Crippen LogP contribution is -2.46. The third-order valence-corrected chi connectivity index (χ3v) is 10.8. The van der Waals surface area contributed by atoms with E-state index >= 15 is 0 Å². The third-order valence-electron chi connectivity index (χ3n) is 7.47. The van der Waals surface area contributed by atoms with E-state index in [9.17, 15) is 22.8 Å². The standard InChI is InChI=1S/C31H45N3O8S2/c1-6-41-30(37)31(14-13-22(2)3)19-24-10-11-25(26(18-24)40-5)42-20-28(36)32-15-17-34(16-7-8-27(35)33-21-31)44(38,39)29-12-9-23(4)43-29/h9-12,18,22H,6-8,13-17,19-21H2,1-5H3,(H,32,36)(H,33,35). The lowest BCUT2D eigenvalue weighted by atomic mass is 9.76. The Balaban J connectivity index is 1.94. The minimum atomic E-state index is -3.84. The zero-order valence-corrected chi connectivity index (χ0v) is 27.9. The molecule has 2 amide bonds. The number of aryl methyl sites for hydroxylation is 1. The van der Waals surface area contributed by atoms with Crippen LogP contribution in [0.1, 0.15) is 56.9 Å². The Morgan fingerprint density at radius 1 is 1.14 bits per heavy atom. The summed E-state index contributed by atoms with van der Waals surface area (Å²) in [5, 5.41) is 5.66. The summed E-state index contributed by atoms with van der Waals surface area (Å²) in [4.78, 5) is 40.1. The Morgan fingerprint density at radius 2 is 1.91 bits per heavy atom. The first-order chi connectivity index (χ1) is 20.9. The number of nitrogens with zero attached hydrogens (tertiary/aromatic N) is 1. The number of ether oxygens (including phenoxy) is 3. The van der Waals surface area contributed by atoms with E-state index in [-0.39, 0.29) is 68.8 Å². The molecule has 2 N–H and O–H groups in total. The summed E-state index contributed by atoms with van der Waals surface area (Å²) < 4.78 is 45.2. The SMILES string of the molecule is CCOC(=O)C1(CCC(C)C)CNC(=O)CCCN(S(=O)(=O)c2ccc(C)s2)CCNC(=O)COc2ccc(cc2OC)C1. The van der Waals surface area contributed by atoms with Gasteiger partial charge in [-0.1, -0.05) is 19.9 Å². The fraction of sp³-hybridized carbons (Fsp3) is 0.581. The van der Waals surface area contributed by atoms with Gasteiger partial charge in [-0.05, 0) is 75.3 Å². The molecule has 2 aliphatic heterocycles. The van der Waals surface area contributed by atoms with Crippen LogP contribution in [0.15, 0.2) is 34.5 Å². The zero-order valence-electron chi connectivity index (χ0n) is 26.3. The molecule has 0 fully saturated rings. The Kier molecular flexibility index (Phi) is 13.0. The first-order valence-electron chi connectivity index (χ1n) is 15.0. The maximum Gasteiger partial charge on any atom is 0.314 e. The van der Waals surface area contributed by atoms with E-state index in [2.05, 4.69) is 24.5 Å². The maximum absolute atomic E-state index is 13.5. The highest BCUT2D eigenvalue weighted by Gasteiger charge is 2.40. The van der Waals surface area contributed by atoms with Gasteiger partial charge in [0.25, 0.3) is 15.9 Å². The predicted molar refractivity (Wildman–Crippen MR) is 168 cm³/mol. The van der Waals surface area contributed by atoms with Gasteiger partial charge in [-0.2, -0.15) is 4.31 Å². The molecule has 3 heterocycles. The molecule has 0 spiro atoms. The van der Waals surface area contributed by atoms with Gasteiger partial charge in [-0.15, -0.1) is 11.3 Å². The quantitative estimate of drug-likeness (QED) is 0.326. The number of sulfonamides is 1. The second-order valence-electron chi connectivity index (χ2n) is 11.4. The smallest absolute Gasteiger partial charge is 0.314 e. The van der Waals surface area contributed by atoms with E-state index in [0.717, 1.165) is 16.9 Å². The Hall–Kier alpha value is -3.16. The number of hydrogen-bond donors (Lipinski definition) is 2. The first-order valence-corrected chi connectivity index (χ1v) is 17.2. The second kappa shape index (κ2) is 16.2. The van der Waals surface area contributed by atoms with E-state index in [1.54, 1.807) is 31.2 Å². The molecule has 13 heteroatoms. The molecule has 4 rings (SSSR count). The fourth-order valence-electron chi connectivity index (χ4n) is 4.98. The van der Waals surface area contributed by atoms with Crippen LogP contribution in [0.25, 0.3) is 0 Å². The van der Waals surface area contributed by atoms with Gasteiger partial charge in [-0.3, -0.25) is 14.4 Å². The number of carbonyl (C=O) groups is 3. The van der Waals surface area contributed by atoms with Gasteiger partial charge >= 0.3 is 5.97 Å². The van der Waals surface area contributed by atoms with Crippen LogP contribution in [-0.4, -0.2) is 77.0 Å². The molecule has 1 unspecified atom stereocenters. The van der Waals surface area contributed by atoms with Crippen LogP contribution < -0.4 is 20.1 Å². The van der Waals surface area contributed by atoms with Crippen LogP contribution in [0, 0.1) is 18.3 Å². The van der Waals surface area contributed by atoms with Crippen molar-refractivity contribution in [2.45, 2.75) is 64.0 Å². The Morgan fingerprint density at radius 3 is 2.57 bits per heavy atom. The van der Waals surface area contributed by atoms with Gasteiger partial charge in [-0.25, -0.2) is 8.42 Å². The average molecular weight is 652 g/mol. The van der Waals surface area contributed by atoms with Crippen molar-refractivity contribution in [3.8, 4) is 11.5 Å². The predicted octanol–water partition coefficient (Wildman–Crippen LogP) is 3.69. The molecule has 44 heavy (non-hydrogen) atoms. The molecular weight excluding hydrogens is 606 g/mol. The van der Waals surface area contributed by atoms with Crippen LogP contribution in [0.4, 0.5) is 0 Å². The number of benzene rings is 1. The summed E-state index contributed by atoms with van der Waals surface area (Å²) in [5.41, 5.74) is -0.259. The van der Waals surface area contributed by atoms with Gasteiger partial charge in [0.15, 0.2) is 18.1 Å².